The van der Waals surface area contributed by atoms with Gasteiger partial charge < -0.3 is 9.88 Å². The highest BCUT2D eigenvalue weighted by atomic mass is 16.1. The molecule has 7 heteroatoms. The molecule has 1 N–H and O–H groups in total. The summed E-state index contributed by atoms with van der Waals surface area (Å²) >= 11 is 0. The normalized spacial score (nSPS) is 10.8. The van der Waals surface area contributed by atoms with Gasteiger partial charge in [-0.25, -0.2) is 15.0 Å². The molecule has 3 heterocycles. The minimum atomic E-state index is -0.129. The summed E-state index contributed by atoms with van der Waals surface area (Å²) in [6.45, 7) is 0.198. The summed E-state index contributed by atoms with van der Waals surface area (Å²) in [7, 11) is 0. The van der Waals surface area contributed by atoms with Gasteiger partial charge in [0.15, 0.2) is 0 Å². The van der Waals surface area contributed by atoms with E-state index in [9.17, 15) is 4.79 Å². The number of rotatable bonds is 4. The largest absolute Gasteiger partial charge is 0.323 e. The number of pyridine rings is 1. The van der Waals surface area contributed by atoms with Gasteiger partial charge in [0.25, 0.3) is 0 Å². The van der Waals surface area contributed by atoms with E-state index in [4.69, 9.17) is 0 Å². The molecule has 3 aromatic heterocycles. The molecule has 7 nitrogen and oxygen atoms in total. The van der Waals surface area contributed by atoms with Crippen molar-refractivity contribution in [2.24, 2.45) is 0 Å². The first-order valence-electron chi connectivity index (χ1n) is 7.44. The van der Waals surface area contributed by atoms with E-state index < -0.39 is 0 Å². The first-order chi connectivity index (χ1) is 11.8. The number of anilines is 1. The van der Waals surface area contributed by atoms with Gasteiger partial charge in [-0.05, 0) is 24.3 Å². The second kappa shape index (κ2) is 5.96. The van der Waals surface area contributed by atoms with Crippen LogP contribution in [0.25, 0.3) is 16.9 Å². The molecule has 0 fully saturated rings. The Morgan fingerprint density at radius 1 is 1.08 bits per heavy atom. The maximum Gasteiger partial charge on any atom is 0.244 e. The number of amides is 1. The molecule has 1 aromatic carbocycles. The molecule has 0 saturated heterocycles. The maximum atomic E-state index is 12.2. The molecule has 24 heavy (non-hydrogen) atoms. The second-order valence-electron chi connectivity index (χ2n) is 5.28. The van der Waals surface area contributed by atoms with Crippen LogP contribution in [0.4, 0.5) is 5.69 Å². The van der Waals surface area contributed by atoms with E-state index in [1.54, 1.807) is 29.6 Å². The fourth-order valence-electron chi connectivity index (χ4n) is 2.50. The topological polar surface area (TPSA) is 77.6 Å². The second-order valence-corrected chi connectivity index (χ2v) is 5.28. The molecule has 0 radical (unpaired) electrons. The van der Waals surface area contributed by atoms with Crippen molar-refractivity contribution in [2.45, 2.75) is 6.54 Å². The number of aromatic nitrogens is 5. The van der Waals surface area contributed by atoms with Crippen molar-refractivity contribution < 1.29 is 4.79 Å². The lowest BCUT2D eigenvalue weighted by Gasteiger charge is -2.07. The lowest BCUT2D eigenvalue weighted by molar-refractivity contribution is -0.116. The standard InChI is InChI=1S/C17H14N6O/c24-17(10-23-12-20-14-3-1-2-4-15(14)23)21-13-5-6-16(19-9-13)22-8-7-18-11-22/h1-9,11-12H,10H2,(H,21,24). The van der Waals surface area contributed by atoms with Crippen molar-refractivity contribution in [1.82, 2.24) is 24.1 Å². The van der Waals surface area contributed by atoms with Crippen LogP contribution in [-0.4, -0.2) is 30.0 Å². The SMILES string of the molecule is O=C(Cn1cnc2ccccc21)Nc1ccc(-n2ccnc2)nc1. The molecule has 4 aromatic rings. The number of benzene rings is 1. The van der Waals surface area contributed by atoms with E-state index in [2.05, 4.69) is 20.3 Å². The van der Waals surface area contributed by atoms with Crippen molar-refractivity contribution in [3.63, 3.8) is 0 Å². The molecule has 118 valence electrons. The van der Waals surface area contributed by atoms with Crippen LogP contribution in [-0.2, 0) is 11.3 Å². The predicted molar refractivity (Wildman–Crippen MR) is 89.7 cm³/mol. The summed E-state index contributed by atoms with van der Waals surface area (Å²) in [5, 5.41) is 2.84. The first kappa shape index (κ1) is 14.1. The monoisotopic (exact) mass is 318 g/mol. The van der Waals surface area contributed by atoms with Crippen molar-refractivity contribution in [3.05, 3.63) is 67.6 Å². The van der Waals surface area contributed by atoms with Gasteiger partial charge in [0.05, 0.1) is 29.2 Å². The van der Waals surface area contributed by atoms with Gasteiger partial charge in [-0.1, -0.05) is 12.1 Å². The molecule has 0 atom stereocenters. The Balaban J connectivity index is 1.46. The Morgan fingerprint density at radius 2 is 2.00 bits per heavy atom. The molecule has 4 rings (SSSR count). The molecule has 0 unspecified atom stereocenters. The van der Waals surface area contributed by atoms with Gasteiger partial charge >= 0.3 is 0 Å². The van der Waals surface area contributed by atoms with Crippen LogP contribution in [0.5, 0.6) is 0 Å². The van der Waals surface area contributed by atoms with Gasteiger partial charge in [-0.15, -0.1) is 0 Å². The number of para-hydroxylation sites is 2. The zero-order chi connectivity index (χ0) is 16.4. The van der Waals surface area contributed by atoms with E-state index in [0.717, 1.165) is 16.9 Å². The number of hydrogen-bond acceptors (Lipinski definition) is 4. The van der Waals surface area contributed by atoms with E-state index in [1.807, 2.05) is 47.2 Å². The van der Waals surface area contributed by atoms with Crippen molar-refractivity contribution in [3.8, 4) is 5.82 Å². The summed E-state index contributed by atoms with van der Waals surface area (Å²) < 4.78 is 3.61. The third-order valence-corrected chi connectivity index (χ3v) is 3.64. The minimum absolute atomic E-state index is 0.129. The molecule has 0 bridgehead atoms. The number of carbonyl (C=O) groups is 1. The number of carbonyl (C=O) groups excluding carboxylic acids is 1. The first-order valence-corrected chi connectivity index (χ1v) is 7.44. The number of nitrogens with zero attached hydrogens (tertiary/aromatic N) is 5. The summed E-state index contributed by atoms with van der Waals surface area (Å²) in [6.07, 6.45) is 8.46. The highest BCUT2D eigenvalue weighted by Gasteiger charge is 2.08. The van der Waals surface area contributed by atoms with Crippen molar-refractivity contribution in [1.29, 1.82) is 0 Å². The molecule has 0 spiro atoms. The Labute approximate surface area is 137 Å². The summed E-state index contributed by atoms with van der Waals surface area (Å²) in [5.41, 5.74) is 2.45. The van der Waals surface area contributed by atoms with E-state index in [1.165, 1.54) is 0 Å². The third-order valence-electron chi connectivity index (χ3n) is 3.64. The van der Waals surface area contributed by atoms with Crippen molar-refractivity contribution in [2.75, 3.05) is 5.32 Å². The van der Waals surface area contributed by atoms with Gasteiger partial charge in [-0.2, -0.15) is 0 Å². The number of hydrogen-bond donors (Lipinski definition) is 1. The highest BCUT2D eigenvalue weighted by Crippen LogP contribution is 2.13. The van der Waals surface area contributed by atoms with E-state index in [-0.39, 0.29) is 12.5 Å². The van der Waals surface area contributed by atoms with Crippen LogP contribution in [0.2, 0.25) is 0 Å². The van der Waals surface area contributed by atoms with Crippen LogP contribution < -0.4 is 5.32 Å². The van der Waals surface area contributed by atoms with Crippen LogP contribution >= 0.6 is 0 Å². The smallest absolute Gasteiger partial charge is 0.244 e. The third kappa shape index (κ3) is 2.74. The average molecular weight is 318 g/mol. The Morgan fingerprint density at radius 3 is 2.79 bits per heavy atom. The highest BCUT2D eigenvalue weighted by molar-refractivity contribution is 5.91. The average Bonchev–Trinajstić information content (AvgIpc) is 3.26. The zero-order valence-corrected chi connectivity index (χ0v) is 12.7. The number of nitrogens with one attached hydrogen (secondary N) is 1. The lowest BCUT2D eigenvalue weighted by atomic mass is 10.3. The molecular weight excluding hydrogens is 304 g/mol. The Hall–Kier alpha value is -3.48. The predicted octanol–water partition coefficient (Wildman–Crippen LogP) is 2.26. The molecule has 0 aliphatic carbocycles. The van der Waals surface area contributed by atoms with Crippen LogP contribution in [0.15, 0.2) is 67.6 Å². The maximum absolute atomic E-state index is 12.2. The Bertz CT molecular complexity index is 972. The van der Waals surface area contributed by atoms with Gasteiger partial charge in [0, 0.05) is 12.4 Å². The summed E-state index contributed by atoms with van der Waals surface area (Å²) in [6, 6.07) is 11.3. The summed E-state index contributed by atoms with van der Waals surface area (Å²) in [4.78, 5) is 24.8. The molecule has 0 aliphatic rings. The minimum Gasteiger partial charge on any atom is -0.323 e. The lowest BCUT2D eigenvalue weighted by Crippen LogP contribution is -2.18. The van der Waals surface area contributed by atoms with E-state index in [0.29, 0.717) is 5.69 Å². The van der Waals surface area contributed by atoms with Crippen LogP contribution in [0, 0.1) is 0 Å². The van der Waals surface area contributed by atoms with Gasteiger partial charge in [0.1, 0.15) is 18.7 Å². The van der Waals surface area contributed by atoms with Crippen LogP contribution in [0.3, 0.4) is 0 Å². The Kier molecular flexibility index (Phi) is 3.51. The van der Waals surface area contributed by atoms with Crippen molar-refractivity contribution >= 4 is 22.6 Å². The number of fused-ring (bicyclic) bond motifs is 1. The fourth-order valence-corrected chi connectivity index (χ4v) is 2.50. The molecule has 0 aliphatic heterocycles. The number of imidazole rings is 2. The van der Waals surface area contributed by atoms with Gasteiger partial charge in [-0.3, -0.25) is 9.36 Å². The molecular formula is C17H14N6O. The fraction of sp³-hybridized carbons (Fsp3) is 0.0588. The molecule has 1 amide bonds. The van der Waals surface area contributed by atoms with Gasteiger partial charge in [0.2, 0.25) is 5.91 Å². The molecule has 0 saturated carbocycles. The van der Waals surface area contributed by atoms with E-state index >= 15 is 0 Å². The van der Waals surface area contributed by atoms with Crippen LogP contribution in [0.1, 0.15) is 0 Å². The summed E-state index contributed by atoms with van der Waals surface area (Å²) in [5.74, 6) is 0.612. The quantitative estimate of drug-likeness (QED) is 0.626. The zero-order valence-electron chi connectivity index (χ0n) is 12.7.